The van der Waals surface area contributed by atoms with Crippen LogP contribution in [0.25, 0.3) is 11.0 Å². The molecule has 0 aliphatic rings. The number of H-pyrrole nitrogens is 1. The minimum absolute atomic E-state index is 0.0170. The van der Waals surface area contributed by atoms with E-state index in [1.54, 1.807) is 0 Å². The number of hydrogen-bond donors (Lipinski definition) is 1. The predicted octanol–water partition coefficient (Wildman–Crippen LogP) is 3.76. The number of aromatic nitrogens is 2. The van der Waals surface area contributed by atoms with Crippen molar-refractivity contribution in [2.75, 3.05) is 0 Å². The van der Waals surface area contributed by atoms with Crippen molar-refractivity contribution in [3.63, 3.8) is 0 Å². The zero-order valence-corrected chi connectivity index (χ0v) is 10.4. The molecule has 2 aromatic rings. The van der Waals surface area contributed by atoms with Crippen LogP contribution in [0.4, 0.5) is 0 Å². The molecule has 0 aliphatic carbocycles. The molecule has 80 valence electrons. The van der Waals surface area contributed by atoms with Gasteiger partial charge < -0.3 is 9.55 Å². The molecular weight excluding hydrogens is 204 g/mol. The van der Waals surface area contributed by atoms with Gasteiger partial charge in [0.25, 0.3) is 0 Å². The summed E-state index contributed by atoms with van der Waals surface area (Å²) in [6.45, 7) is 8.59. The molecule has 3 heteroatoms. The molecule has 15 heavy (non-hydrogen) atoms. The number of imidazole rings is 1. The van der Waals surface area contributed by atoms with Crippen molar-refractivity contribution in [2.45, 2.75) is 33.2 Å². The van der Waals surface area contributed by atoms with E-state index >= 15 is 0 Å². The molecule has 0 aliphatic heterocycles. The Morgan fingerprint density at radius 1 is 1.27 bits per heavy atom. The lowest BCUT2D eigenvalue weighted by Gasteiger charge is -2.21. The van der Waals surface area contributed by atoms with Crippen LogP contribution in [0.2, 0.25) is 0 Å². The number of aryl methyl sites for hydroxylation is 1. The highest BCUT2D eigenvalue weighted by atomic mass is 32.1. The predicted molar refractivity (Wildman–Crippen MR) is 66.9 cm³/mol. The van der Waals surface area contributed by atoms with E-state index in [1.165, 1.54) is 11.1 Å². The Hall–Kier alpha value is -1.09. The van der Waals surface area contributed by atoms with Gasteiger partial charge in [-0.1, -0.05) is 12.1 Å². The number of fused-ring (bicyclic) bond motifs is 1. The second-order valence-electron chi connectivity index (χ2n) is 4.91. The summed E-state index contributed by atoms with van der Waals surface area (Å²) < 4.78 is 2.97. The molecule has 0 spiro atoms. The fourth-order valence-electron chi connectivity index (χ4n) is 1.94. The second kappa shape index (κ2) is 3.20. The highest BCUT2D eigenvalue weighted by molar-refractivity contribution is 7.71. The van der Waals surface area contributed by atoms with Gasteiger partial charge >= 0.3 is 0 Å². The topological polar surface area (TPSA) is 20.7 Å². The van der Waals surface area contributed by atoms with Gasteiger partial charge in [0.1, 0.15) is 0 Å². The van der Waals surface area contributed by atoms with Crippen molar-refractivity contribution in [2.24, 2.45) is 0 Å². The molecule has 0 saturated carbocycles. The van der Waals surface area contributed by atoms with Gasteiger partial charge in [-0.3, -0.25) is 0 Å². The smallest absolute Gasteiger partial charge is 0.178 e. The first-order chi connectivity index (χ1) is 6.91. The number of aromatic amines is 1. The fourth-order valence-corrected chi connectivity index (χ4v) is 2.41. The van der Waals surface area contributed by atoms with E-state index in [2.05, 4.69) is 55.4 Å². The fraction of sp³-hybridized carbons (Fsp3) is 0.417. The largest absolute Gasteiger partial charge is 0.330 e. The van der Waals surface area contributed by atoms with Crippen LogP contribution in [0.15, 0.2) is 18.2 Å². The summed E-state index contributed by atoms with van der Waals surface area (Å²) in [6.07, 6.45) is 0. The molecule has 1 N–H and O–H groups in total. The van der Waals surface area contributed by atoms with Crippen LogP contribution < -0.4 is 0 Å². The minimum Gasteiger partial charge on any atom is -0.330 e. The van der Waals surface area contributed by atoms with Gasteiger partial charge in [-0.2, -0.15) is 0 Å². The summed E-state index contributed by atoms with van der Waals surface area (Å²) in [5, 5.41) is 0. The maximum absolute atomic E-state index is 5.37. The van der Waals surface area contributed by atoms with Gasteiger partial charge in [0.2, 0.25) is 0 Å². The van der Waals surface area contributed by atoms with Crippen LogP contribution in [0, 0.1) is 11.7 Å². The number of nitrogens with one attached hydrogen (secondary N) is 1. The van der Waals surface area contributed by atoms with E-state index in [0.29, 0.717) is 0 Å². The van der Waals surface area contributed by atoms with Crippen LogP contribution >= 0.6 is 12.2 Å². The van der Waals surface area contributed by atoms with Crippen LogP contribution in [-0.2, 0) is 5.54 Å². The molecule has 1 heterocycles. The first-order valence-corrected chi connectivity index (χ1v) is 5.53. The van der Waals surface area contributed by atoms with E-state index in [4.69, 9.17) is 12.2 Å². The van der Waals surface area contributed by atoms with Gasteiger partial charge in [0, 0.05) is 5.54 Å². The lowest BCUT2D eigenvalue weighted by atomic mass is 10.1. The van der Waals surface area contributed by atoms with Crippen molar-refractivity contribution in [1.82, 2.24) is 9.55 Å². The van der Waals surface area contributed by atoms with Gasteiger partial charge in [-0.25, -0.2) is 0 Å². The summed E-state index contributed by atoms with van der Waals surface area (Å²) in [4.78, 5) is 3.28. The number of benzene rings is 1. The molecule has 0 atom stereocenters. The lowest BCUT2D eigenvalue weighted by molar-refractivity contribution is 0.404. The maximum atomic E-state index is 5.37. The highest BCUT2D eigenvalue weighted by Crippen LogP contribution is 2.24. The van der Waals surface area contributed by atoms with Gasteiger partial charge in [0.05, 0.1) is 11.0 Å². The molecule has 0 radical (unpaired) electrons. The Balaban J connectivity index is 2.92. The van der Waals surface area contributed by atoms with Crippen LogP contribution in [0.1, 0.15) is 26.3 Å². The summed E-state index contributed by atoms with van der Waals surface area (Å²) in [6, 6.07) is 6.28. The van der Waals surface area contributed by atoms with E-state index in [9.17, 15) is 0 Å². The first kappa shape index (κ1) is 10.4. The van der Waals surface area contributed by atoms with Crippen LogP contribution in [0.5, 0.6) is 0 Å². The number of hydrogen-bond acceptors (Lipinski definition) is 1. The van der Waals surface area contributed by atoms with Crippen LogP contribution in [-0.4, -0.2) is 9.55 Å². The monoisotopic (exact) mass is 220 g/mol. The molecular formula is C12H16N2S. The SMILES string of the molecule is Cc1cccc2c1[nH]c(=S)n2C(C)(C)C. The van der Waals surface area contributed by atoms with E-state index in [-0.39, 0.29) is 5.54 Å². The molecule has 2 nitrogen and oxygen atoms in total. The molecule has 0 fully saturated rings. The van der Waals surface area contributed by atoms with Gasteiger partial charge in [-0.05, 0) is 51.5 Å². The third-order valence-corrected chi connectivity index (χ3v) is 2.88. The molecule has 1 aromatic heterocycles. The molecule has 0 unspecified atom stereocenters. The Labute approximate surface area is 94.9 Å². The van der Waals surface area contributed by atoms with E-state index in [0.717, 1.165) is 10.3 Å². The standard InChI is InChI=1S/C12H16N2S/c1-8-6-5-7-9-10(8)13-11(15)14(9)12(2,3)4/h5-7H,1-4H3,(H,13,15). The van der Waals surface area contributed by atoms with Crippen molar-refractivity contribution in [3.8, 4) is 0 Å². The Morgan fingerprint density at radius 2 is 1.93 bits per heavy atom. The van der Waals surface area contributed by atoms with Gasteiger partial charge in [0.15, 0.2) is 4.77 Å². The summed E-state index contributed by atoms with van der Waals surface area (Å²) in [5.74, 6) is 0. The number of para-hydroxylation sites is 1. The molecule has 2 rings (SSSR count). The quantitative estimate of drug-likeness (QED) is 0.670. The Kier molecular flexibility index (Phi) is 2.23. The zero-order chi connectivity index (χ0) is 11.2. The number of nitrogens with zero attached hydrogens (tertiary/aromatic N) is 1. The van der Waals surface area contributed by atoms with Crippen molar-refractivity contribution in [3.05, 3.63) is 28.5 Å². The Bertz CT molecular complexity index is 555. The van der Waals surface area contributed by atoms with Crippen molar-refractivity contribution >= 4 is 23.3 Å². The van der Waals surface area contributed by atoms with Crippen LogP contribution in [0.3, 0.4) is 0 Å². The average Bonchev–Trinajstić information content (AvgIpc) is 2.41. The summed E-state index contributed by atoms with van der Waals surface area (Å²) in [7, 11) is 0. The molecule has 0 bridgehead atoms. The number of rotatable bonds is 0. The molecule has 0 amide bonds. The van der Waals surface area contributed by atoms with Crippen molar-refractivity contribution < 1.29 is 0 Å². The Morgan fingerprint density at radius 3 is 2.53 bits per heavy atom. The summed E-state index contributed by atoms with van der Waals surface area (Å²) >= 11 is 5.37. The average molecular weight is 220 g/mol. The normalized spacial score (nSPS) is 12.3. The second-order valence-corrected chi connectivity index (χ2v) is 5.29. The lowest BCUT2D eigenvalue weighted by Crippen LogP contribution is -2.21. The van der Waals surface area contributed by atoms with Crippen molar-refractivity contribution in [1.29, 1.82) is 0 Å². The van der Waals surface area contributed by atoms with E-state index < -0.39 is 0 Å². The highest BCUT2D eigenvalue weighted by Gasteiger charge is 2.17. The molecule has 1 aromatic carbocycles. The first-order valence-electron chi connectivity index (χ1n) is 5.12. The minimum atomic E-state index is 0.0170. The molecule has 0 saturated heterocycles. The third-order valence-electron chi connectivity index (χ3n) is 2.60. The van der Waals surface area contributed by atoms with Gasteiger partial charge in [-0.15, -0.1) is 0 Å². The zero-order valence-electron chi connectivity index (χ0n) is 9.59. The van der Waals surface area contributed by atoms with E-state index in [1.807, 2.05) is 0 Å². The summed E-state index contributed by atoms with van der Waals surface area (Å²) in [5.41, 5.74) is 3.59. The third kappa shape index (κ3) is 1.61. The maximum Gasteiger partial charge on any atom is 0.178 e.